The van der Waals surface area contributed by atoms with Gasteiger partial charge in [0.1, 0.15) is 12.8 Å². The van der Waals surface area contributed by atoms with E-state index in [-0.39, 0.29) is 12.2 Å². The quantitative estimate of drug-likeness (QED) is 0.542. The van der Waals surface area contributed by atoms with Gasteiger partial charge in [-0.1, -0.05) is 30.6 Å². The lowest BCUT2D eigenvalue weighted by Gasteiger charge is -2.01. The molecular formula is C11H12F2NO. The summed E-state index contributed by atoms with van der Waals surface area (Å²) in [6.07, 6.45) is 4.23. The molecule has 0 saturated carbocycles. The molecule has 0 amide bonds. The fraction of sp³-hybridized carbons (Fsp3) is 0.364. The summed E-state index contributed by atoms with van der Waals surface area (Å²) in [5.74, 6) is -1.76. The van der Waals surface area contributed by atoms with E-state index in [1.54, 1.807) is 0 Å². The van der Waals surface area contributed by atoms with Crippen LogP contribution in [0.25, 0.3) is 0 Å². The molecule has 1 aromatic rings. The van der Waals surface area contributed by atoms with E-state index in [9.17, 15) is 8.78 Å². The van der Waals surface area contributed by atoms with Crippen LogP contribution in [0.1, 0.15) is 25.3 Å². The van der Waals surface area contributed by atoms with Gasteiger partial charge < -0.3 is 4.84 Å². The number of halogens is 2. The fourth-order valence-corrected chi connectivity index (χ4v) is 0.965. The zero-order chi connectivity index (χ0) is 11.1. The first-order chi connectivity index (χ1) is 7.25. The van der Waals surface area contributed by atoms with Crippen LogP contribution < -0.4 is 0 Å². The Bertz CT molecular complexity index is 339. The summed E-state index contributed by atoms with van der Waals surface area (Å²) in [6, 6.07) is 3.94. The Kier molecular flexibility index (Phi) is 4.74. The number of nitrogens with zero attached hydrogens (tertiary/aromatic N) is 1. The van der Waals surface area contributed by atoms with Crippen LogP contribution in [0.3, 0.4) is 0 Å². The Labute approximate surface area is 87.6 Å². The van der Waals surface area contributed by atoms with Gasteiger partial charge >= 0.3 is 0 Å². The topological polar surface area (TPSA) is 21.6 Å². The van der Waals surface area contributed by atoms with Gasteiger partial charge in [-0.15, -0.1) is 0 Å². The molecule has 0 bridgehead atoms. The molecule has 2 nitrogen and oxygen atoms in total. The predicted molar refractivity (Wildman–Crippen MR) is 53.5 cm³/mol. The van der Waals surface area contributed by atoms with Crippen LogP contribution in [0.15, 0.2) is 23.4 Å². The lowest BCUT2D eigenvalue weighted by atomic mass is 10.2. The first-order valence-corrected chi connectivity index (χ1v) is 4.73. The standard InChI is InChI=1S/C11H12F2NO/c1-2-3-7-14-15-8-9-5-4-6-10(12)11(9)13/h4-6H,2-3,8H2,1H3. The van der Waals surface area contributed by atoms with Crippen LogP contribution in [-0.2, 0) is 11.4 Å². The van der Waals surface area contributed by atoms with Crippen LogP contribution >= 0.6 is 0 Å². The van der Waals surface area contributed by atoms with Gasteiger partial charge in [0.05, 0.1) is 0 Å². The van der Waals surface area contributed by atoms with E-state index in [1.165, 1.54) is 12.1 Å². The highest BCUT2D eigenvalue weighted by molar-refractivity contribution is 5.55. The molecular weight excluding hydrogens is 200 g/mol. The molecule has 1 aromatic carbocycles. The molecule has 0 heterocycles. The van der Waals surface area contributed by atoms with E-state index in [1.807, 2.05) is 6.92 Å². The Morgan fingerprint density at radius 2 is 2.20 bits per heavy atom. The third-order valence-corrected chi connectivity index (χ3v) is 1.74. The van der Waals surface area contributed by atoms with Crippen molar-refractivity contribution in [2.45, 2.75) is 26.4 Å². The molecule has 4 heteroatoms. The first kappa shape index (κ1) is 11.6. The van der Waals surface area contributed by atoms with Gasteiger partial charge in [-0.25, -0.2) is 8.78 Å². The Morgan fingerprint density at radius 3 is 2.93 bits per heavy atom. The van der Waals surface area contributed by atoms with Crippen LogP contribution in [0.2, 0.25) is 0 Å². The van der Waals surface area contributed by atoms with Crippen molar-refractivity contribution in [3.05, 3.63) is 35.4 Å². The lowest BCUT2D eigenvalue weighted by molar-refractivity contribution is 0.128. The van der Waals surface area contributed by atoms with Gasteiger partial charge in [-0.05, 0) is 12.5 Å². The van der Waals surface area contributed by atoms with Gasteiger partial charge in [0, 0.05) is 5.56 Å². The average Bonchev–Trinajstić information content (AvgIpc) is 2.24. The SMILES string of the molecule is CCC/[C]=N/OCc1cccc(F)c1F. The van der Waals surface area contributed by atoms with Gasteiger partial charge in [0.25, 0.3) is 0 Å². The smallest absolute Gasteiger partial charge is 0.165 e. The molecule has 0 N–H and O–H groups in total. The lowest BCUT2D eigenvalue weighted by Crippen LogP contribution is -1.95. The molecule has 0 unspecified atom stereocenters. The van der Waals surface area contributed by atoms with E-state index >= 15 is 0 Å². The average molecular weight is 212 g/mol. The third-order valence-electron chi connectivity index (χ3n) is 1.74. The van der Waals surface area contributed by atoms with Gasteiger partial charge in [0.2, 0.25) is 0 Å². The highest BCUT2D eigenvalue weighted by Gasteiger charge is 2.06. The van der Waals surface area contributed by atoms with Gasteiger partial charge in [-0.2, -0.15) is 0 Å². The molecule has 0 atom stereocenters. The minimum absolute atomic E-state index is 0.0830. The second kappa shape index (κ2) is 6.11. The first-order valence-electron chi connectivity index (χ1n) is 4.73. The Balaban J connectivity index is 2.47. The Hall–Kier alpha value is -1.45. The largest absolute Gasteiger partial charge is 0.391 e. The second-order valence-corrected chi connectivity index (χ2v) is 2.99. The maximum atomic E-state index is 13.1. The maximum absolute atomic E-state index is 13.1. The molecule has 15 heavy (non-hydrogen) atoms. The van der Waals surface area contributed by atoms with E-state index in [0.29, 0.717) is 6.42 Å². The molecule has 81 valence electrons. The summed E-state index contributed by atoms with van der Waals surface area (Å²) in [7, 11) is 0. The van der Waals surface area contributed by atoms with Crippen LogP contribution in [0.5, 0.6) is 0 Å². The number of rotatable bonds is 5. The van der Waals surface area contributed by atoms with E-state index in [4.69, 9.17) is 4.84 Å². The zero-order valence-corrected chi connectivity index (χ0v) is 8.46. The van der Waals surface area contributed by atoms with Gasteiger partial charge in [0.15, 0.2) is 11.6 Å². The third kappa shape index (κ3) is 3.65. The molecule has 0 aliphatic rings. The van der Waals surface area contributed by atoms with Crippen molar-refractivity contribution in [1.82, 2.24) is 0 Å². The number of benzene rings is 1. The summed E-state index contributed by atoms with van der Waals surface area (Å²) < 4.78 is 25.8. The highest BCUT2D eigenvalue weighted by Crippen LogP contribution is 2.12. The Morgan fingerprint density at radius 1 is 1.40 bits per heavy atom. The predicted octanol–water partition coefficient (Wildman–Crippen LogP) is 3.14. The summed E-state index contributed by atoms with van der Waals surface area (Å²) in [4.78, 5) is 4.76. The minimum Gasteiger partial charge on any atom is -0.391 e. The van der Waals surface area contributed by atoms with Crippen molar-refractivity contribution in [3.63, 3.8) is 0 Å². The summed E-state index contributed by atoms with van der Waals surface area (Å²) >= 11 is 0. The normalized spacial score (nSPS) is 10.9. The van der Waals surface area contributed by atoms with Crippen molar-refractivity contribution in [2.75, 3.05) is 0 Å². The zero-order valence-electron chi connectivity index (χ0n) is 8.46. The molecule has 1 rings (SSSR count). The maximum Gasteiger partial charge on any atom is 0.165 e. The van der Waals surface area contributed by atoms with Crippen molar-refractivity contribution in [3.8, 4) is 0 Å². The summed E-state index contributed by atoms with van der Waals surface area (Å²) in [6.45, 7) is 1.90. The number of hydrogen-bond donors (Lipinski definition) is 0. The van der Waals surface area contributed by atoms with Crippen LogP contribution in [0, 0.1) is 11.6 Å². The van der Waals surface area contributed by atoms with Crippen molar-refractivity contribution in [1.29, 1.82) is 0 Å². The molecule has 0 fully saturated rings. The molecule has 0 aliphatic carbocycles. The molecule has 1 radical (unpaired) electrons. The molecule has 0 saturated heterocycles. The highest BCUT2D eigenvalue weighted by atomic mass is 19.2. The number of unbranched alkanes of at least 4 members (excludes halogenated alkanes) is 1. The molecule has 0 aliphatic heterocycles. The van der Waals surface area contributed by atoms with E-state index in [2.05, 4.69) is 11.4 Å². The molecule has 0 aromatic heterocycles. The number of hydrogen-bond acceptors (Lipinski definition) is 2. The van der Waals surface area contributed by atoms with E-state index in [0.717, 1.165) is 12.5 Å². The van der Waals surface area contributed by atoms with Crippen molar-refractivity contribution in [2.24, 2.45) is 5.16 Å². The summed E-state index contributed by atoms with van der Waals surface area (Å²) in [5, 5.41) is 3.49. The van der Waals surface area contributed by atoms with Crippen LogP contribution in [-0.4, -0.2) is 6.21 Å². The second-order valence-electron chi connectivity index (χ2n) is 2.99. The monoisotopic (exact) mass is 212 g/mol. The summed E-state index contributed by atoms with van der Waals surface area (Å²) in [5.41, 5.74) is 0.150. The van der Waals surface area contributed by atoms with Crippen molar-refractivity contribution < 1.29 is 13.6 Å². The fourth-order valence-electron chi connectivity index (χ4n) is 0.965. The van der Waals surface area contributed by atoms with E-state index < -0.39 is 11.6 Å². The van der Waals surface area contributed by atoms with Crippen LogP contribution in [0.4, 0.5) is 8.78 Å². The minimum atomic E-state index is -0.886. The molecule has 0 spiro atoms. The van der Waals surface area contributed by atoms with Crippen molar-refractivity contribution >= 4 is 6.21 Å². The van der Waals surface area contributed by atoms with Gasteiger partial charge in [-0.3, -0.25) is 0 Å².